The predicted molar refractivity (Wildman–Crippen MR) is 64.0 cm³/mol. The van der Waals surface area contributed by atoms with Crippen molar-refractivity contribution in [2.75, 3.05) is 0 Å². The van der Waals surface area contributed by atoms with Crippen molar-refractivity contribution in [2.45, 2.75) is 6.61 Å². The molecule has 0 heterocycles. The summed E-state index contributed by atoms with van der Waals surface area (Å²) in [4.78, 5) is 10.9. The monoisotopic (exact) mass is 282 g/mol. The molecule has 1 N–H and O–H groups in total. The molecule has 0 spiro atoms. The Bertz CT molecular complexity index is 656. The Kier molecular flexibility index (Phi) is 3.93. The van der Waals surface area contributed by atoms with Crippen molar-refractivity contribution in [3.63, 3.8) is 0 Å². The summed E-state index contributed by atoms with van der Waals surface area (Å²) in [5.41, 5.74) is 0.0819. The molecule has 0 amide bonds. The first kappa shape index (κ1) is 13.9. The minimum absolute atomic E-state index is 0.178. The Labute approximate surface area is 112 Å². The summed E-state index contributed by atoms with van der Waals surface area (Å²) >= 11 is 0. The minimum Gasteiger partial charge on any atom is -0.488 e. The summed E-state index contributed by atoms with van der Waals surface area (Å²) < 4.78 is 44.0. The summed E-state index contributed by atoms with van der Waals surface area (Å²) in [5, 5.41) is 8.92. The number of ether oxygens (including phenoxy) is 1. The van der Waals surface area contributed by atoms with E-state index in [9.17, 15) is 18.0 Å². The predicted octanol–water partition coefficient (Wildman–Crippen LogP) is 3.38. The van der Waals surface area contributed by atoms with Crippen LogP contribution in [0.3, 0.4) is 0 Å². The highest BCUT2D eigenvalue weighted by atomic mass is 19.2. The van der Waals surface area contributed by atoms with Gasteiger partial charge in [-0.3, -0.25) is 0 Å². The maximum Gasteiger partial charge on any atom is 0.339 e. The van der Waals surface area contributed by atoms with Crippen LogP contribution >= 0.6 is 0 Å². The Morgan fingerprint density at radius 2 is 1.80 bits per heavy atom. The SMILES string of the molecule is O=C(O)c1ccc(F)cc1OCc1ccc(F)c(F)c1. The van der Waals surface area contributed by atoms with Crippen LogP contribution in [0.25, 0.3) is 0 Å². The molecule has 0 unspecified atom stereocenters. The molecule has 0 radical (unpaired) electrons. The summed E-state index contributed by atoms with van der Waals surface area (Å²) in [7, 11) is 0. The molecule has 0 aliphatic carbocycles. The molecule has 104 valence electrons. The van der Waals surface area contributed by atoms with E-state index in [2.05, 4.69) is 0 Å². The number of rotatable bonds is 4. The van der Waals surface area contributed by atoms with Crippen LogP contribution in [0.15, 0.2) is 36.4 Å². The molecule has 0 atom stereocenters. The van der Waals surface area contributed by atoms with Gasteiger partial charge in [0.1, 0.15) is 23.7 Å². The van der Waals surface area contributed by atoms with E-state index in [4.69, 9.17) is 9.84 Å². The molecule has 0 aliphatic heterocycles. The topological polar surface area (TPSA) is 46.5 Å². The van der Waals surface area contributed by atoms with E-state index in [1.54, 1.807) is 0 Å². The summed E-state index contributed by atoms with van der Waals surface area (Å²) in [6.45, 7) is -0.207. The first-order valence-electron chi connectivity index (χ1n) is 5.57. The van der Waals surface area contributed by atoms with E-state index in [-0.39, 0.29) is 17.9 Å². The molecule has 2 rings (SSSR count). The number of hydrogen-bond acceptors (Lipinski definition) is 2. The molecule has 0 fully saturated rings. The number of carboxylic acids is 1. The van der Waals surface area contributed by atoms with Crippen molar-refractivity contribution in [1.82, 2.24) is 0 Å². The van der Waals surface area contributed by atoms with Crippen LogP contribution in [0.4, 0.5) is 13.2 Å². The molecule has 6 heteroatoms. The van der Waals surface area contributed by atoms with Gasteiger partial charge in [-0.2, -0.15) is 0 Å². The zero-order chi connectivity index (χ0) is 14.7. The van der Waals surface area contributed by atoms with Gasteiger partial charge < -0.3 is 9.84 Å². The zero-order valence-electron chi connectivity index (χ0n) is 10.1. The second-order valence-electron chi connectivity index (χ2n) is 3.98. The van der Waals surface area contributed by atoms with Crippen molar-refractivity contribution in [3.05, 3.63) is 65.0 Å². The van der Waals surface area contributed by atoms with Crippen LogP contribution in [0.2, 0.25) is 0 Å². The van der Waals surface area contributed by atoms with Crippen molar-refractivity contribution >= 4 is 5.97 Å². The van der Waals surface area contributed by atoms with Gasteiger partial charge in [-0.1, -0.05) is 6.07 Å². The van der Waals surface area contributed by atoms with Crippen LogP contribution in [0.1, 0.15) is 15.9 Å². The molecule has 0 saturated carbocycles. The Morgan fingerprint density at radius 1 is 1.05 bits per heavy atom. The fraction of sp³-hybridized carbons (Fsp3) is 0.0714. The molecular weight excluding hydrogens is 273 g/mol. The highest BCUT2D eigenvalue weighted by Crippen LogP contribution is 2.21. The normalized spacial score (nSPS) is 10.3. The van der Waals surface area contributed by atoms with Gasteiger partial charge in [-0.15, -0.1) is 0 Å². The number of halogens is 3. The number of hydrogen-bond donors (Lipinski definition) is 1. The molecule has 0 bridgehead atoms. The zero-order valence-corrected chi connectivity index (χ0v) is 10.1. The molecule has 3 nitrogen and oxygen atoms in total. The van der Waals surface area contributed by atoms with Gasteiger partial charge in [0, 0.05) is 6.07 Å². The van der Waals surface area contributed by atoms with E-state index in [1.165, 1.54) is 6.07 Å². The van der Waals surface area contributed by atoms with Crippen LogP contribution in [0, 0.1) is 17.5 Å². The third-order valence-electron chi connectivity index (χ3n) is 2.55. The smallest absolute Gasteiger partial charge is 0.339 e. The number of benzene rings is 2. The van der Waals surface area contributed by atoms with Gasteiger partial charge in [0.05, 0.1) is 0 Å². The molecule has 0 saturated heterocycles. The lowest BCUT2D eigenvalue weighted by Crippen LogP contribution is -2.04. The van der Waals surface area contributed by atoms with Crippen molar-refractivity contribution in [3.8, 4) is 5.75 Å². The summed E-state index contributed by atoms with van der Waals surface area (Å²) in [6.07, 6.45) is 0. The van der Waals surface area contributed by atoms with Gasteiger partial charge >= 0.3 is 5.97 Å². The standard InChI is InChI=1S/C14H9F3O3/c15-9-2-3-10(14(18)19)13(6-9)20-7-8-1-4-11(16)12(17)5-8/h1-6H,7H2,(H,18,19). The first-order valence-corrected chi connectivity index (χ1v) is 5.57. The fourth-order valence-corrected chi connectivity index (χ4v) is 1.58. The van der Waals surface area contributed by atoms with Crippen molar-refractivity contribution in [2.24, 2.45) is 0 Å². The lowest BCUT2D eigenvalue weighted by atomic mass is 10.2. The number of aromatic carboxylic acids is 1. The van der Waals surface area contributed by atoms with E-state index < -0.39 is 23.4 Å². The number of carbonyl (C=O) groups is 1. The largest absolute Gasteiger partial charge is 0.488 e. The molecule has 0 aromatic heterocycles. The third-order valence-corrected chi connectivity index (χ3v) is 2.55. The second-order valence-corrected chi connectivity index (χ2v) is 3.98. The lowest BCUT2D eigenvalue weighted by Gasteiger charge is -2.09. The highest BCUT2D eigenvalue weighted by molar-refractivity contribution is 5.90. The number of carboxylic acid groups (broad SMARTS) is 1. The van der Waals surface area contributed by atoms with E-state index in [0.717, 1.165) is 30.3 Å². The highest BCUT2D eigenvalue weighted by Gasteiger charge is 2.13. The Balaban J connectivity index is 2.20. The molecular formula is C14H9F3O3. The lowest BCUT2D eigenvalue weighted by molar-refractivity contribution is 0.0691. The maximum absolute atomic E-state index is 13.1. The maximum atomic E-state index is 13.1. The minimum atomic E-state index is -1.27. The average Bonchev–Trinajstić information content (AvgIpc) is 2.40. The molecule has 2 aromatic rings. The van der Waals surface area contributed by atoms with Gasteiger partial charge in [0.15, 0.2) is 11.6 Å². The summed E-state index contributed by atoms with van der Waals surface area (Å²) in [6, 6.07) is 6.13. The summed E-state index contributed by atoms with van der Waals surface area (Å²) in [5.74, 6) is -4.14. The van der Waals surface area contributed by atoms with Crippen LogP contribution in [-0.4, -0.2) is 11.1 Å². The fourth-order valence-electron chi connectivity index (χ4n) is 1.58. The average molecular weight is 282 g/mol. The van der Waals surface area contributed by atoms with Gasteiger partial charge in [0.2, 0.25) is 0 Å². The third kappa shape index (κ3) is 3.09. The van der Waals surface area contributed by atoms with Crippen LogP contribution < -0.4 is 4.74 Å². The Hall–Kier alpha value is -2.50. The Morgan fingerprint density at radius 3 is 2.45 bits per heavy atom. The first-order chi connectivity index (χ1) is 9.47. The molecule has 0 aliphatic rings. The quantitative estimate of drug-likeness (QED) is 0.935. The van der Waals surface area contributed by atoms with Crippen LogP contribution in [0.5, 0.6) is 5.75 Å². The molecule has 2 aromatic carbocycles. The van der Waals surface area contributed by atoms with Crippen molar-refractivity contribution in [1.29, 1.82) is 0 Å². The van der Waals surface area contributed by atoms with E-state index in [0.29, 0.717) is 5.56 Å². The van der Waals surface area contributed by atoms with E-state index in [1.807, 2.05) is 0 Å². The van der Waals surface area contributed by atoms with Crippen LogP contribution in [-0.2, 0) is 6.61 Å². The van der Waals surface area contributed by atoms with Crippen molar-refractivity contribution < 1.29 is 27.8 Å². The van der Waals surface area contributed by atoms with Gasteiger partial charge in [0.25, 0.3) is 0 Å². The second kappa shape index (κ2) is 5.64. The van der Waals surface area contributed by atoms with Gasteiger partial charge in [-0.05, 0) is 29.8 Å². The van der Waals surface area contributed by atoms with Gasteiger partial charge in [-0.25, -0.2) is 18.0 Å². The van der Waals surface area contributed by atoms with E-state index >= 15 is 0 Å². The molecule has 20 heavy (non-hydrogen) atoms.